The van der Waals surface area contributed by atoms with Gasteiger partial charge in [-0.2, -0.15) is 0 Å². The molecule has 1 rings (SSSR count). The Balaban J connectivity index is 2.56. The molecule has 0 aromatic carbocycles. The van der Waals surface area contributed by atoms with Crippen LogP contribution in [0.2, 0.25) is 0 Å². The Morgan fingerprint density at radius 2 is 2.16 bits per heavy atom. The van der Waals surface area contributed by atoms with E-state index in [2.05, 4.69) is 6.92 Å². The van der Waals surface area contributed by atoms with Gasteiger partial charge in [-0.15, -0.1) is 0 Å². The van der Waals surface area contributed by atoms with Crippen molar-refractivity contribution in [2.24, 2.45) is 5.92 Å². The first-order valence-electron chi connectivity index (χ1n) is 7.19. The van der Waals surface area contributed by atoms with Crippen molar-refractivity contribution in [1.82, 2.24) is 4.90 Å². The second-order valence-electron chi connectivity index (χ2n) is 5.23. The summed E-state index contributed by atoms with van der Waals surface area (Å²) in [5.74, 6) is -1.44. The fourth-order valence-corrected chi connectivity index (χ4v) is 2.23. The SMILES string of the molecule is CCCCCN(CC(C)C(=O)O)C(=O)C1CCCO1. The minimum atomic E-state index is -0.861. The highest BCUT2D eigenvalue weighted by molar-refractivity contribution is 5.82. The molecule has 1 N–H and O–H groups in total. The van der Waals surface area contributed by atoms with Crippen LogP contribution in [0.3, 0.4) is 0 Å². The number of carboxylic acid groups (broad SMARTS) is 1. The number of aliphatic carboxylic acids is 1. The minimum Gasteiger partial charge on any atom is -0.481 e. The van der Waals surface area contributed by atoms with Crippen molar-refractivity contribution < 1.29 is 19.4 Å². The van der Waals surface area contributed by atoms with Gasteiger partial charge < -0.3 is 14.7 Å². The van der Waals surface area contributed by atoms with E-state index in [0.29, 0.717) is 13.2 Å². The average Bonchev–Trinajstić information content (AvgIpc) is 2.90. The summed E-state index contributed by atoms with van der Waals surface area (Å²) in [6.45, 7) is 5.28. The zero-order valence-electron chi connectivity index (χ0n) is 11.9. The Kier molecular flexibility index (Phi) is 6.84. The number of ether oxygens (including phenoxy) is 1. The van der Waals surface area contributed by atoms with Crippen molar-refractivity contribution in [3.63, 3.8) is 0 Å². The molecule has 5 nitrogen and oxygen atoms in total. The highest BCUT2D eigenvalue weighted by atomic mass is 16.5. The Hall–Kier alpha value is -1.10. The van der Waals surface area contributed by atoms with Gasteiger partial charge in [0.25, 0.3) is 5.91 Å². The van der Waals surface area contributed by atoms with E-state index in [-0.39, 0.29) is 18.6 Å². The first-order chi connectivity index (χ1) is 9.06. The highest BCUT2D eigenvalue weighted by Crippen LogP contribution is 2.16. The molecule has 1 aliphatic heterocycles. The number of carboxylic acids is 1. The standard InChI is InChI=1S/C14H25NO4/c1-3-4-5-8-15(10-11(2)14(17)18)13(16)12-7-6-9-19-12/h11-12H,3-10H2,1-2H3,(H,17,18). The molecular weight excluding hydrogens is 246 g/mol. The normalized spacial score (nSPS) is 20.2. The third-order valence-electron chi connectivity index (χ3n) is 3.46. The monoisotopic (exact) mass is 271 g/mol. The van der Waals surface area contributed by atoms with Gasteiger partial charge in [0.15, 0.2) is 0 Å². The van der Waals surface area contributed by atoms with E-state index >= 15 is 0 Å². The molecule has 0 saturated carbocycles. The van der Waals surface area contributed by atoms with E-state index in [1.165, 1.54) is 0 Å². The molecule has 2 unspecified atom stereocenters. The van der Waals surface area contributed by atoms with E-state index in [4.69, 9.17) is 9.84 Å². The van der Waals surface area contributed by atoms with E-state index in [9.17, 15) is 9.59 Å². The van der Waals surface area contributed by atoms with Gasteiger partial charge in [0.2, 0.25) is 0 Å². The van der Waals surface area contributed by atoms with Gasteiger partial charge in [-0.3, -0.25) is 9.59 Å². The molecule has 0 aromatic heterocycles. The number of unbranched alkanes of at least 4 members (excludes halogenated alkanes) is 2. The van der Waals surface area contributed by atoms with Crippen molar-refractivity contribution in [3.05, 3.63) is 0 Å². The molecular formula is C14H25NO4. The van der Waals surface area contributed by atoms with Crippen LogP contribution in [0, 0.1) is 5.92 Å². The second-order valence-corrected chi connectivity index (χ2v) is 5.23. The topological polar surface area (TPSA) is 66.8 Å². The average molecular weight is 271 g/mol. The zero-order valence-corrected chi connectivity index (χ0v) is 11.9. The fourth-order valence-electron chi connectivity index (χ4n) is 2.23. The van der Waals surface area contributed by atoms with Gasteiger partial charge in [0.05, 0.1) is 5.92 Å². The van der Waals surface area contributed by atoms with E-state index in [1.54, 1.807) is 11.8 Å². The second kappa shape index (κ2) is 8.15. The zero-order chi connectivity index (χ0) is 14.3. The molecule has 0 spiro atoms. The maximum Gasteiger partial charge on any atom is 0.308 e. The van der Waals surface area contributed by atoms with Gasteiger partial charge in [-0.25, -0.2) is 0 Å². The van der Waals surface area contributed by atoms with Crippen LogP contribution in [-0.2, 0) is 14.3 Å². The van der Waals surface area contributed by atoms with Crippen LogP contribution >= 0.6 is 0 Å². The smallest absolute Gasteiger partial charge is 0.308 e. The Bertz CT molecular complexity index is 300. The van der Waals surface area contributed by atoms with Crippen LogP contribution in [0.15, 0.2) is 0 Å². The van der Waals surface area contributed by atoms with Crippen molar-refractivity contribution in [1.29, 1.82) is 0 Å². The largest absolute Gasteiger partial charge is 0.481 e. The van der Waals surface area contributed by atoms with Crippen molar-refractivity contribution in [2.75, 3.05) is 19.7 Å². The van der Waals surface area contributed by atoms with Gasteiger partial charge in [0, 0.05) is 19.7 Å². The van der Waals surface area contributed by atoms with E-state index in [1.807, 2.05) is 0 Å². The molecule has 0 aromatic rings. The minimum absolute atomic E-state index is 0.0401. The van der Waals surface area contributed by atoms with Crippen LogP contribution < -0.4 is 0 Å². The molecule has 1 saturated heterocycles. The molecule has 1 heterocycles. The summed E-state index contributed by atoms with van der Waals surface area (Å²) in [6, 6.07) is 0. The van der Waals surface area contributed by atoms with Crippen LogP contribution in [0.25, 0.3) is 0 Å². The van der Waals surface area contributed by atoms with Crippen LogP contribution in [0.1, 0.15) is 46.0 Å². The lowest BCUT2D eigenvalue weighted by Gasteiger charge is -2.26. The Labute approximate surface area is 114 Å². The van der Waals surface area contributed by atoms with Crippen LogP contribution in [-0.4, -0.2) is 47.7 Å². The molecule has 19 heavy (non-hydrogen) atoms. The number of carbonyl (C=O) groups is 2. The maximum absolute atomic E-state index is 12.3. The Morgan fingerprint density at radius 1 is 1.42 bits per heavy atom. The molecule has 5 heteroatoms. The van der Waals surface area contributed by atoms with Crippen LogP contribution in [0.4, 0.5) is 0 Å². The van der Waals surface area contributed by atoms with Crippen molar-refractivity contribution >= 4 is 11.9 Å². The van der Waals surface area contributed by atoms with E-state index < -0.39 is 11.9 Å². The number of carbonyl (C=O) groups excluding carboxylic acids is 1. The predicted molar refractivity (Wildman–Crippen MR) is 71.9 cm³/mol. The van der Waals surface area contributed by atoms with Gasteiger partial charge in [0.1, 0.15) is 6.10 Å². The molecule has 0 radical (unpaired) electrons. The summed E-state index contributed by atoms with van der Waals surface area (Å²) in [7, 11) is 0. The van der Waals surface area contributed by atoms with Gasteiger partial charge in [-0.05, 0) is 19.3 Å². The van der Waals surface area contributed by atoms with Crippen molar-refractivity contribution in [2.45, 2.75) is 52.1 Å². The summed E-state index contributed by atoms with van der Waals surface area (Å²) in [5.41, 5.74) is 0. The van der Waals surface area contributed by atoms with Gasteiger partial charge >= 0.3 is 5.97 Å². The first-order valence-corrected chi connectivity index (χ1v) is 7.19. The van der Waals surface area contributed by atoms with Crippen molar-refractivity contribution in [3.8, 4) is 0 Å². The lowest BCUT2D eigenvalue weighted by atomic mass is 10.1. The molecule has 1 amide bonds. The van der Waals surface area contributed by atoms with E-state index in [0.717, 1.165) is 32.1 Å². The summed E-state index contributed by atoms with van der Waals surface area (Å²) < 4.78 is 5.41. The lowest BCUT2D eigenvalue weighted by molar-refractivity contribution is -0.146. The number of nitrogens with zero attached hydrogens (tertiary/aromatic N) is 1. The summed E-state index contributed by atoms with van der Waals surface area (Å²) >= 11 is 0. The number of rotatable bonds is 8. The third kappa shape index (κ3) is 5.19. The fraction of sp³-hybridized carbons (Fsp3) is 0.857. The molecule has 2 atom stereocenters. The highest BCUT2D eigenvalue weighted by Gasteiger charge is 2.29. The van der Waals surface area contributed by atoms with Crippen LogP contribution in [0.5, 0.6) is 0 Å². The summed E-state index contributed by atoms with van der Waals surface area (Å²) in [5, 5.41) is 8.98. The number of hydrogen-bond acceptors (Lipinski definition) is 3. The molecule has 1 aliphatic rings. The Morgan fingerprint density at radius 3 is 2.68 bits per heavy atom. The summed E-state index contributed by atoms with van der Waals surface area (Å²) in [6.07, 6.45) is 4.36. The number of amides is 1. The van der Waals surface area contributed by atoms with Gasteiger partial charge in [-0.1, -0.05) is 26.7 Å². The quantitative estimate of drug-likeness (QED) is 0.685. The molecule has 110 valence electrons. The lowest BCUT2D eigenvalue weighted by Crippen LogP contribution is -2.43. The summed E-state index contributed by atoms with van der Waals surface area (Å²) in [4.78, 5) is 24.9. The maximum atomic E-state index is 12.3. The third-order valence-corrected chi connectivity index (χ3v) is 3.46. The molecule has 1 fully saturated rings. The first kappa shape index (κ1) is 16.0. The predicted octanol–water partition coefficient (Wildman–Crippen LogP) is 1.90. The molecule has 0 bridgehead atoms. The number of hydrogen-bond donors (Lipinski definition) is 1. The molecule has 0 aliphatic carbocycles.